The SMILES string of the molecule is CCn1cc(C(=O)NCCc2cccc(C)c2)c(=O)c2ccc(C)nc21. The Morgan fingerprint density at radius 2 is 2.00 bits per heavy atom. The van der Waals surface area contributed by atoms with Gasteiger partial charge in [0, 0.05) is 25.0 Å². The number of hydrogen-bond acceptors (Lipinski definition) is 3. The monoisotopic (exact) mass is 349 g/mol. The predicted octanol–water partition coefficient (Wildman–Crippen LogP) is 3.01. The molecule has 2 heterocycles. The van der Waals surface area contributed by atoms with Crippen molar-refractivity contribution in [2.45, 2.75) is 33.7 Å². The van der Waals surface area contributed by atoms with E-state index in [0.29, 0.717) is 24.1 Å². The molecule has 26 heavy (non-hydrogen) atoms. The smallest absolute Gasteiger partial charge is 0.256 e. The molecular formula is C21H23N3O2. The molecule has 0 saturated heterocycles. The second-order valence-electron chi connectivity index (χ2n) is 6.48. The fourth-order valence-corrected chi connectivity index (χ4v) is 3.05. The van der Waals surface area contributed by atoms with Crippen LogP contribution in [0.4, 0.5) is 0 Å². The van der Waals surface area contributed by atoms with E-state index in [1.807, 2.05) is 43.5 Å². The lowest BCUT2D eigenvalue weighted by atomic mass is 10.1. The normalized spacial score (nSPS) is 10.9. The number of carbonyl (C=O) groups excluding carboxylic acids is 1. The Hall–Kier alpha value is -2.95. The lowest BCUT2D eigenvalue weighted by Crippen LogP contribution is -2.31. The molecule has 0 aliphatic heterocycles. The summed E-state index contributed by atoms with van der Waals surface area (Å²) in [5.41, 5.74) is 3.70. The summed E-state index contributed by atoms with van der Waals surface area (Å²) < 4.78 is 1.85. The first kappa shape index (κ1) is 17.9. The Bertz CT molecular complexity index is 1020. The quantitative estimate of drug-likeness (QED) is 0.770. The Balaban J connectivity index is 1.83. The highest BCUT2D eigenvalue weighted by Crippen LogP contribution is 2.11. The number of nitrogens with one attached hydrogen (secondary N) is 1. The number of amides is 1. The van der Waals surface area contributed by atoms with E-state index in [0.717, 1.165) is 17.7 Å². The summed E-state index contributed by atoms with van der Waals surface area (Å²) in [6.07, 6.45) is 2.34. The lowest BCUT2D eigenvalue weighted by Gasteiger charge is -2.11. The van der Waals surface area contributed by atoms with Crippen molar-refractivity contribution in [2.75, 3.05) is 6.54 Å². The summed E-state index contributed by atoms with van der Waals surface area (Å²) in [5.74, 6) is -0.340. The summed E-state index contributed by atoms with van der Waals surface area (Å²) in [6.45, 7) is 7.01. The van der Waals surface area contributed by atoms with E-state index < -0.39 is 0 Å². The average molecular weight is 349 g/mol. The van der Waals surface area contributed by atoms with Crippen LogP contribution in [0.3, 0.4) is 0 Å². The summed E-state index contributed by atoms with van der Waals surface area (Å²) in [4.78, 5) is 29.7. The van der Waals surface area contributed by atoms with Gasteiger partial charge in [0.2, 0.25) is 5.43 Å². The zero-order valence-corrected chi connectivity index (χ0v) is 15.4. The molecule has 134 valence electrons. The van der Waals surface area contributed by atoms with Gasteiger partial charge >= 0.3 is 0 Å². The molecule has 0 atom stereocenters. The van der Waals surface area contributed by atoms with Gasteiger partial charge in [-0.2, -0.15) is 0 Å². The topological polar surface area (TPSA) is 64.0 Å². The molecule has 3 aromatic rings. The van der Waals surface area contributed by atoms with E-state index in [1.165, 1.54) is 5.56 Å². The van der Waals surface area contributed by atoms with Crippen LogP contribution in [0.1, 0.15) is 34.1 Å². The molecule has 0 aliphatic rings. The van der Waals surface area contributed by atoms with Crippen LogP contribution in [0, 0.1) is 13.8 Å². The number of fused-ring (bicyclic) bond motifs is 1. The highest BCUT2D eigenvalue weighted by atomic mass is 16.2. The number of rotatable bonds is 5. The van der Waals surface area contributed by atoms with Gasteiger partial charge in [0.15, 0.2) is 0 Å². The minimum atomic E-state index is -0.340. The van der Waals surface area contributed by atoms with Crippen LogP contribution in [-0.4, -0.2) is 22.0 Å². The van der Waals surface area contributed by atoms with Crippen molar-refractivity contribution in [1.82, 2.24) is 14.9 Å². The second-order valence-corrected chi connectivity index (χ2v) is 6.48. The van der Waals surface area contributed by atoms with Crippen molar-refractivity contribution in [3.63, 3.8) is 0 Å². The number of aromatic nitrogens is 2. The van der Waals surface area contributed by atoms with Crippen LogP contribution in [0.2, 0.25) is 0 Å². The number of pyridine rings is 2. The van der Waals surface area contributed by atoms with Crippen LogP contribution in [0.5, 0.6) is 0 Å². The molecule has 5 heteroatoms. The summed E-state index contributed by atoms with van der Waals surface area (Å²) >= 11 is 0. The molecule has 0 unspecified atom stereocenters. The standard InChI is InChI=1S/C21H23N3O2/c1-4-24-13-18(19(25)17-9-8-15(3)23-20(17)24)21(26)22-11-10-16-7-5-6-14(2)12-16/h5-9,12-13H,4,10-11H2,1-3H3,(H,22,26). The third-order valence-corrected chi connectivity index (χ3v) is 4.43. The third-order valence-electron chi connectivity index (χ3n) is 4.43. The van der Waals surface area contributed by atoms with Crippen molar-refractivity contribution in [3.8, 4) is 0 Å². The molecular weight excluding hydrogens is 326 g/mol. The zero-order chi connectivity index (χ0) is 18.7. The van der Waals surface area contributed by atoms with E-state index in [1.54, 1.807) is 18.3 Å². The Labute approximate surface area is 152 Å². The van der Waals surface area contributed by atoms with Crippen molar-refractivity contribution in [1.29, 1.82) is 0 Å². The minimum Gasteiger partial charge on any atom is -0.352 e. The van der Waals surface area contributed by atoms with Crippen molar-refractivity contribution < 1.29 is 4.79 Å². The number of hydrogen-bond donors (Lipinski definition) is 1. The molecule has 0 radical (unpaired) electrons. The summed E-state index contributed by atoms with van der Waals surface area (Å²) in [5, 5.41) is 3.34. The first-order valence-electron chi connectivity index (χ1n) is 8.84. The molecule has 5 nitrogen and oxygen atoms in total. The average Bonchev–Trinajstić information content (AvgIpc) is 2.62. The maximum atomic E-state index is 12.7. The molecule has 1 N–H and O–H groups in total. The number of carbonyl (C=O) groups is 1. The molecule has 0 aliphatic carbocycles. The van der Waals surface area contributed by atoms with Crippen LogP contribution >= 0.6 is 0 Å². The first-order valence-corrected chi connectivity index (χ1v) is 8.84. The lowest BCUT2D eigenvalue weighted by molar-refractivity contribution is 0.0952. The van der Waals surface area contributed by atoms with Crippen molar-refractivity contribution >= 4 is 16.9 Å². The highest BCUT2D eigenvalue weighted by molar-refractivity contribution is 5.96. The Kier molecular flexibility index (Phi) is 5.16. The number of nitrogens with zero attached hydrogens (tertiary/aromatic N) is 2. The van der Waals surface area contributed by atoms with E-state index >= 15 is 0 Å². The van der Waals surface area contributed by atoms with Gasteiger partial charge in [-0.15, -0.1) is 0 Å². The highest BCUT2D eigenvalue weighted by Gasteiger charge is 2.15. The van der Waals surface area contributed by atoms with Gasteiger partial charge in [-0.3, -0.25) is 9.59 Å². The van der Waals surface area contributed by atoms with E-state index in [-0.39, 0.29) is 16.9 Å². The molecule has 0 spiro atoms. The van der Waals surface area contributed by atoms with Gasteiger partial charge in [0.25, 0.3) is 5.91 Å². The van der Waals surface area contributed by atoms with Gasteiger partial charge in [-0.05, 0) is 44.9 Å². The molecule has 0 saturated carbocycles. The number of aryl methyl sites for hydroxylation is 3. The number of benzene rings is 1. The van der Waals surface area contributed by atoms with Crippen LogP contribution in [0.25, 0.3) is 11.0 Å². The van der Waals surface area contributed by atoms with Gasteiger partial charge in [-0.1, -0.05) is 29.8 Å². The molecule has 2 aromatic heterocycles. The summed E-state index contributed by atoms with van der Waals surface area (Å²) in [6, 6.07) is 11.7. The third kappa shape index (κ3) is 3.67. The predicted molar refractivity (Wildman–Crippen MR) is 104 cm³/mol. The van der Waals surface area contributed by atoms with Crippen molar-refractivity contribution in [3.05, 3.63) is 75.2 Å². The largest absolute Gasteiger partial charge is 0.352 e. The van der Waals surface area contributed by atoms with Gasteiger partial charge in [0.1, 0.15) is 11.2 Å². The zero-order valence-electron chi connectivity index (χ0n) is 15.4. The minimum absolute atomic E-state index is 0.161. The molecule has 0 bridgehead atoms. The van der Waals surface area contributed by atoms with Gasteiger partial charge in [-0.25, -0.2) is 4.98 Å². The second kappa shape index (κ2) is 7.52. The molecule has 3 rings (SSSR count). The van der Waals surface area contributed by atoms with E-state index in [2.05, 4.69) is 16.4 Å². The molecule has 1 aromatic carbocycles. The van der Waals surface area contributed by atoms with E-state index in [9.17, 15) is 9.59 Å². The molecule has 1 amide bonds. The van der Waals surface area contributed by atoms with Crippen LogP contribution in [0.15, 0.2) is 47.4 Å². The van der Waals surface area contributed by atoms with E-state index in [4.69, 9.17) is 0 Å². The molecule has 0 fully saturated rings. The fourth-order valence-electron chi connectivity index (χ4n) is 3.05. The maximum Gasteiger partial charge on any atom is 0.256 e. The van der Waals surface area contributed by atoms with Crippen LogP contribution in [-0.2, 0) is 13.0 Å². The van der Waals surface area contributed by atoms with Gasteiger partial charge < -0.3 is 9.88 Å². The maximum absolute atomic E-state index is 12.7. The Morgan fingerprint density at radius 3 is 2.73 bits per heavy atom. The van der Waals surface area contributed by atoms with Crippen molar-refractivity contribution in [2.24, 2.45) is 0 Å². The fraction of sp³-hybridized carbons (Fsp3) is 0.286. The van der Waals surface area contributed by atoms with Gasteiger partial charge in [0.05, 0.1) is 5.39 Å². The van der Waals surface area contributed by atoms with Crippen LogP contribution < -0.4 is 10.7 Å². The summed E-state index contributed by atoms with van der Waals surface area (Å²) in [7, 11) is 0. The Morgan fingerprint density at radius 1 is 1.19 bits per heavy atom. The first-order chi connectivity index (χ1) is 12.5.